The maximum absolute atomic E-state index is 13.0. The number of halogens is 2. The summed E-state index contributed by atoms with van der Waals surface area (Å²) in [5.74, 6) is -0.590. The van der Waals surface area contributed by atoms with Gasteiger partial charge in [-0.3, -0.25) is 4.79 Å². The summed E-state index contributed by atoms with van der Waals surface area (Å²) in [5, 5.41) is 5.52. The number of carbonyl (C=O) groups is 2. The zero-order valence-corrected chi connectivity index (χ0v) is 20.1. The molecule has 1 N–H and O–H groups in total. The van der Waals surface area contributed by atoms with E-state index in [1.165, 1.54) is 23.5 Å². The molecule has 1 amide bonds. The van der Waals surface area contributed by atoms with Crippen LogP contribution in [0.15, 0.2) is 47.8 Å². The van der Waals surface area contributed by atoms with Crippen molar-refractivity contribution in [3.05, 3.63) is 69.0 Å². The van der Waals surface area contributed by atoms with E-state index in [2.05, 4.69) is 12.2 Å². The van der Waals surface area contributed by atoms with Crippen molar-refractivity contribution >= 4 is 51.4 Å². The molecule has 0 fully saturated rings. The van der Waals surface area contributed by atoms with Crippen molar-refractivity contribution < 1.29 is 19.1 Å². The van der Waals surface area contributed by atoms with E-state index in [-0.39, 0.29) is 22.2 Å². The molecule has 1 heterocycles. The van der Waals surface area contributed by atoms with E-state index in [4.69, 9.17) is 32.7 Å². The molecule has 3 aromatic rings. The summed E-state index contributed by atoms with van der Waals surface area (Å²) >= 11 is 13.9. The maximum atomic E-state index is 13.0. The molecule has 0 aliphatic carbocycles. The zero-order chi connectivity index (χ0) is 23.1. The summed E-state index contributed by atoms with van der Waals surface area (Å²) in [4.78, 5) is 25.6. The molecule has 0 unspecified atom stereocenters. The number of carbonyl (C=O) groups excluding carboxylic acids is 2. The van der Waals surface area contributed by atoms with Gasteiger partial charge in [0.15, 0.2) is 5.75 Å². The van der Waals surface area contributed by atoms with Gasteiger partial charge in [-0.05, 0) is 31.0 Å². The van der Waals surface area contributed by atoms with Crippen LogP contribution >= 0.6 is 34.5 Å². The maximum Gasteiger partial charge on any atom is 0.341 e. The average Bonchev–Trinajstić information content (AvgIpc) is 3.20. The third kappa shape index (κ3) is 5.63. The lowest BCUT2D eigenvalue weighted by atomic mass is 10.0. The first-order valence-electron chi connectivity index (χ1n) is 10.2. The van der Waals surface area contributed by atoms with Gasteiger partial charge in [-0.15, -0.1) is 11.3 Å². The van der Waals surface area contributed by atoms with E-state index in [9.17, 15) is 9.59 Å². The van der Waals surface area contributed by atoms with Gasteiger partial charge in [-0.25, -0.2) is 4.79 Å². The van der Waals surface area contributed by atoms with Crippen molar-refractivity contribution in [3.8, 4) is 16.9 Å². The van der Waals surface area contributed by atoms with Crippen LogP contribution in [0.2, 0.25) is 10.0 Å². The second-order valence-electron chi connectivity index (χ2n) is 6.87. The molecule has 0 aliphatic rings. The van der Waals surface area contributed by atoms with Crippen molar-refractivity contribution in [2.45, 2.75) is 26.7 Å². The number of hydrogen-bond acceptors (Lipinski definition) is 5. The second-order valence-corrected chi connectivity index (χ2v) is 8.56. The summed E-state index contributed by atoms with van der Waals surface area (Å²) in [6.07, 6.45) is 1.85. The molecular formula is C24H23Cl2NO4S. The van der Waals surface area contributed by atoms with Crippen LogP contribution in [0.1, 0.15) is 47.4 Å². The largest absolute Gasteiger partial charge is 0.490 e. The SMILES string of the molecule is CCCCOc1c(Cl)cc(C(=O)Nc2scc(-c3ccccc3)c2C(=O)OCC)cc1Cl. The fourth-order valence-corrected chi connectivity index (χ4v) is 4.56. The highest BCUT2D eigenvalue weighted by molar-refractivity contribution is 7.15. The van der Waals surface area contributed by atoms with Crippen LogP contribution in [-0.4, -0.2) is 25.1 Å². The number of rotatable bonds is 9. The Bertz CT molecular complexity index is 1080. The van der Waals surface area contributed by atoms with Gasteiger partial charge in [0.25, 0.3) is 5.91 Å². The monoisotopic (exact) mass is 491 g/mol. The number of amides is 1. The molecule has 0 radical (unpaired) electrons. The van der Waals surface area contributed by atoms with Gasteiger partial charge in [0.1, 0.15) is 10.6 Å². The Kier molecular flexibility index (Phi) is 8.56. The minimum atomic E-state index is -0.501. The molecule has 1 aromatic heterocycles. The minimum absolute atomic E-state index is 0.223. The molecule has 0 aliphatic heterocycles. The fraction of sp³-hybridized carbons (Fsp3) is 0.250. The number of nitrogens with one attached hydrogen (secondary N) is 1. The Morgan fingerprint density at radius 3 is 2.38 bits per heavy atom. The van der Waals surface area contributed by atoms with Crippen molar-refractivity contribution in [2.75, 3.05) is 18.5 Å². The predicted octanol–water partition coefficient (Wildman–Crippen LogP) is 7.33. The van der Waals surface area contributed by atoms with Crippen LogP contribution in [0.3, 0.4) is 0 Å². The molecule has 168 valence electrons. The number of hydrogen-bond donors (Lipinski definition) is 1. The number of unbranched alkanes of at least 4 members (excludes halogenated alkanes) is 1. The quantitative estimate of drug-likeness (QED) is 0.251. The van der Waals surface area contributed by atoms with E-state index in [0.717, 1.165) is 18.4 Å². The fourth-order valence-electron chi connectivity index (χ4n) is 3.01. The summed E-state index contributed by atoms with van der Waals surface area (Å²) in [7, 11) is 0. The Balaban J connectivity index is 1.89. The van der Waals surface area contributed by atoms with E-state index in [1.54, 1.807) is 6.92 Å². The van der Waals surface area contributed by atoms with Gasteiger partial charge < -0.3 is 14.8 Å². The smallest absolute Gasteiger partial charge is 0.341 e. The Morgan fingerprint density at radius 1 is 1.06 bits per heavy atom. The molecule has 0 saturated heterocycles. The Hall–Kier alpha value is -2.54. The van der Waals surface area contributed by atoms with Crippen LogP contribution in [0.25, 0.3) is 11.1 Å². The van der Waals surface area contributed by atoms with Crippen LogP contribution in [-0.2, 0) is 4.74 Å². The van der Waals surface area contributed by atoms with Gasteiger partial charge in [0, 0.05) is 16.5 Å². The van der Waals surface area contributed by atoms with Gasteiger partial charge in [-0.1, -0.05) is 66.9 Å². The summed E-state index contributed by atoms with van der Waals surface area (Å²) in [5.41, 5.74) is 2.12. The normalized spacial score (nSPS) is 10.6. The Morgan fingerprint density at radius 2 is 1.75 bits per heavy atom. The number of anilines is 1. The first-order chi connectivity index (χ1) is 15.5. The van der Waals surface area contributed by atoms with Crippen LogP contribution in [0, 0.1) is 0 Å². The van der Waals surface area contributed by atoms with Crippen LogP contribution < -0.4 is 10.1 Å². The van der Waals surface area contributed by atoms with Crippen molar-refractivity contribution in [1.82, 2.24) is 0 Å². The highest BCUT2D eigenvalue weighted by Crippen LogP contribution is 2.38. The van der Waals surface area contributed by atoms with Crippen molar-refractivity contribution in [1.29, 1.82) is 0 Å². The van der Waals surface area contributed by atoms with E-state index in [0.29, 0.717) is 28.5 Å². The third-order valence-electron chi connectivity index (χ3n) is 4.59. The van der Waals surface area contributed by atoms with Crippen LogP contribution in [0.5, 0.6) is 5.75 Å². The standard InChI is InChI=1S/C24H23Cl2NO4S/c1-3-5-11-31-21-18(25)12-16(13-19(21)26)22(28)27-23-20(24(29)30-4-2)17(14-32-23)15-9-7-6-8-10-15/h6-10,12-14H,3-5,11H2,1-2H3,(H,27,28). The molecule has 5 nitrogen and oxygen atoms in total. The van der Waals surface area contributed by atoms with E-state index in [1.807, 2.05) is 35.7 Å². The van der Waals surface area contributed by atoms with Gasteiger partial charge in [0.2, 0.25) is 0 Å². The van der Waals surface area contributed by atoms with Crippen LogP contribution in [0.4, 0.5) is 5.00 Å². The van der Waals surface area contributed by atoms with Crippen molar-refractivity contribution in [2.24, 2.45) is 0 Å². The topological polar surface area (TPSA) is 64.6 Å². The molecule has 0 saturated carbocycles. The molecular weight excluding hydrogens is 469 g/mol. The summed E-state index contributed by atoms with van der Waals surface area (Å²) in [6.45, 7) is 4.50. The molecule has 3 rings (SSSR count). The molecule has 8 heteroatoms. The Labute approximate surface area is 201 Å². The molecule has 0 atom stereocenters. The van der Waals surface area contributed by atoms with Gasteiger partial charge >= 0.3 is 5.97 Å². The molecule has 0 spiro atoms. The van der Waals surface area contributed by atoms with Gasteiger partial charge in [0.05, 0.1) is 23.3 Å². The highest BCUT2D eigenvalue weighted by Gasteiger charge is 2.24. The third-order valence-corrected chi connectivity index (χ3v) is 6.04. The first kappa shape index (κ1) is 24.1. The number of thiophene rings is 1. The number of ether oxygens (including phenoxy) is 2. The lowest BCUT2D eigenvalue weighted by Crippen LogP contribution is -2.15. The zero-order valence-electron chi connectivity index (χ0n) is 17.7. The van der Waals surface area contributed by atoms with E-state index < -0.39 is 11.9 Å². The van der Waals surface area contributed by atoms with E-state index >= 15 is 0 Å². The van der Waals surface area contributed by atoms with Crippen molar-refractivity contribution in [3.63, 3.8) is 0 Å². The summed E-state index contributed by atoms with van der Waals surface area (Å²) < 4.78 is 10.9. The molecule has 2 aromatic carbocycles. The lowest BCUT2D eigenvalue weighted by molar-refractivity contribution is 0.0529. The lowest BCUT2D eigenvalue weighted by Gasteiger charge is -2.12. The first-order valence-corrected chi connectivity index (χ1v) is 11.9. The minimum Gasteiger partial charge on any atom is -0.490 e. The number of esters is 1. The molecule has 0 bridgehead atoms. The summed E-state index contributed by atoms with van der Waals surface area (Å²) in [6, 6.07) is 12.5. The molecule has 32 heavy (non-hydrogen) atoms. The number of benzene rings is 2. The van der Waals surface area contributed by atoms with Gasteiger partial charge in [-0.2, -0.15) is 0 Å². The highest BCUT2D eigenvalue weighted by atomic mass is 35.5. The predicted molar refractivity (Wildman–Crippen MR) is 131 cm³/mol. The average molecular weight is 492 g/mol. The second kappa shape index (κ2) is 11.4.